The zero-order chi connectivity index (χ0) is 19.3. The van der Waals surface area contributed by atoms with Crippen LogP contribution in [0, 0.1) is 0 Å². The summed E-state index contributed by atoms with van der Waals surface area (Å²) in [5, 5.41) is 4.80. The van der Waals surface area contributed by atoms with Gasteiger partial charge in [0.05, 0.1) is 0 Å². The Morgan fingerprint density at radius 1 is 1.11 bits per heavy atom. The van der Waals surface area contributed by atoms with Crippen LogP contribution in [0.2, 0.25) is 0 Å². The maximum Gasteiger partial charge on any atom is 0.274 e. The largest absolute Gasteiger partial charge is 0.337 e. The molecule has 0 saturated carbocycles. The van der Waals surface area contributed by atoms with Crippen LogP contribution in [-0.4, -0.2) is 56.7 Å². The molecule has 28 heavy (non-hydrogen) atoms. The molecule has 2 aliphatic heterocycles. The highest BCUT2D eigenvalue weighted by Gasteiger charge is 2.30. The molecule has 2 aromatic rings. The van der Waals surface area contributed by atoms with E-state index < -0.39 is 0 Å². The topological polar surface area (TPSA) is 54.3 Å². The minimum Gasteiger partial charge on any atom is -0.337 e. The maximum absolute atomic E-state index is 13.2. The molecule has 0 unspecified atom stereocenters. The summed E-state index contributed by atoms with van der Waals surface area (Å²) in [5.74, 6) is 0.136. The fourth-order valence-electron chi connectivity index (χ4n) is 4.37. The van der Waals surface area contributed by atoms with Crippen molar-refractivity contribution in [3.8, 4) is 0 Å². The van der Waals surface area contributed by atoms with Crippen LogP contribution >= 0.6 is 0 Å². The van der Waals surface area contributed by atoms with E-state index in [4.69, 9.17) is 5.10 Å². The van der Waals surface area contributed by atoms with Crippen molar-refractivity contribution < 1.29 is 4.79 Å². The monoisotopic (exact) mass is 381 g/mol. The highest BCUT2D eigenvalue weighted by atomic mass is 16.2. The molecule has 1 amide bonds. The van der Waals surface area contributed by atoms with E-state index in [2.05, 4.69) is 27.6 Å². The van der Waals surface area contributed by atoms with Gasteiger partial charge in [-0.25, -0.2) is 0 Å². The third-order valence-corrected chi connectivity index (χ3v) is 5.90. The van der Waals surface area contributed by atoms with E-state index in [1.54, 1.807) is 0 Å². The first-order valence-corrected chi connectivity index (χ1v) is 10.8. The second kappa shape index (κ2) is 8.86. The zero-order valence-corrected chi connectivity index (χ0v) is 16.9. The lowest BCUT2D eigenvalue weighted by Gasteiger charge is -2.29. The van der Waals surface area contributed by atoms with Gasteiger partial charge >= 0.3 is 0 Å². The quantitative estimate of drug-likeness (QED) is 0.772. The maximum atomic E-state index is 13.2. The first-order chi connectivity index (χ1) is 13.8. The van der Waals surface area contributed by atoms with E-state index in [0.29, 0.717) is 5.69 Å². The number of aromatic nitrogens is 3. The Morgan fingerprint density at radius 2 is 1.96 bits per heavy atom. The van der Waals surface area contributed by atoms with Crippen molar-refractivity contribution in [2.45, 2.75) is 58.5 Å². The van der Waals surface area contributed by atoms with Gasteiger partial charge in [0.2, 0.25) is 0 Å². The molecule has 1 fully saturated rings. The Hall–Kier alpha value is -2.21. The Morgan fingerprint density at radius 3 is 2.71 bits per heavy atom. The van der Waals surface area contributed by atoms with Crippen LogP contribution in [-0.2, 0) is 25.9 Å². The predicted octanol–water partition coefficient (Wildman–Crippen LogP) is 2.92. The average Bonchev–Trinajstić information content (AvgIpc) is 3.11. The molecule has 0 N–H and O–H groups in total. The molecule has 0 aromatic carbocycles. The van der Waals surface area contributed by atoms with Crippen molar-refractivity contribution in [3.05, 3.63) is 47.0 Å². The number of nitrogens with zero attached hydrogens (tertiary/aromatic N) is 5. The van der Waals surface area contributed by atoms with E-state index in [0.717, 1.165) is 82.6 Å². The zero-order valence-electron chi connectivity index (χ0n) is 16.9. The van der Waals surface area contributed by atoms with E-state index in [1.807, 2.05) is 23.2 Å². The summed E-state index contributed by atoms with van der Waals surface area (Å²) in [4.78, 5) is 22.1. The lowest BCUT2D eigenvalue weighted by Crippen LogP contribution is -2.37. The van der Waals surface area contributed by atoms with Crippen molar-refractivity contribution in [2.24, 2.45) is 0 Å². The molecule has 2 aromatic heterocycles. The van der Waals surface area contributed by atoms with Gasteiger partial charge in [-0.15, -0.1) is 0 Å². The third kappa shape index (κ3) is 4.12. The van der Waals surface area contributed by atoms with Crippen molar-refractivity contribution >= 4 is 5.91 Å². The van der Waals surface area contributed by atoms with Gasteiger partial charge in [-0.05, 0) is 37.8 Å². The fourth-order valence-corrected chi connectivity index (χ4v) is 4.37. The smallest absolute Gasteiger partial charge is 0.274 e. The van der Waals surface area contributed by atoms with Crippen LogP contribution in [0.3, 0.4) is 0 Å². The molecule has 1 saturated heterocycles. The summed E-state index contributed by atoms with van der Waals surface area (Å²) < 4.78 is 2.10. The van der Waals surface area contributed by atoms with Crippen LogP contribution in [0.4, 0.5) is 0 Å². The Kier molecular flexibility index (Phi) is 6.05. The summed E-state index contributed by atoms with van der Waals surface area (Å²) in [5.41, 5.74) is 4.26. The highest BCUT2D eigenvalue weighted by molar-refractivity contribution is 5.94. The van der Waals surface area contributed by atoms with Crippen molar-refractivity contribution in [1.29, 1.82) is 0 Å². The minimum absolute atomic E-state index is 0.136. The van der Waals surface area contributed by atoms with Crippen LogP contribution < -0.4 is 0 Å². The lowest BCUT2D eigenvalue weighted by molar-refractivity contribution is 0.0715. The van der Waals surface area contributed by atoms with E-state index in [-0.39, 0.29) is 5.91 Å². The van der Waals surface area contributed by atoms with Gasteiger partial charge < -0.3 is 4.90 Å². The van der Waals surface area contributed by atoms with Gasteiger partial charge in [-0.2, -0.15) is 5.10 Å². The lowest BCUT2D eigenvalue weighted by atomic mass is 10.0. The van der Waals surface area contributed by atoms with Gasteiger partial charge in [-0.1, -0.05) is 13.0 Å². The Bertz CT molecular complexity index is 795. The number of hydrogen-bond acceptors (Lipinski definition) is 4. The molecule has 150 valence electrons. The van der Waals surface area contributed by atoms with Gasteiger partial charge in [-0.3, -0.25) is 19.4 Å². The molecule has 4 heterocycles. The number of carbonyl (C=O) groups excluding carboxylic acids is 1. The average molecular weight is 382 g/mol. The molecule has 0 bridgehead atoms. The molecule has 0 spiro atoms. The molecule has 0 atom stereocenters. The van der Waals surface area contributed by atoms with Crippen LogP contribution in [0.15, 0.2) is 24.4 Å². The third-order valence-electron chi connectivity index (χ3n) is 5.90. The van der Waals surface area contributed by atoms with E-state index in [1.165, 1.54) is 12.1 Å². The van der Waals surface area contributed by atoms with Crippen molar-refractivity contribution in [1.82, 2.24) is 24.6 Å². The second-order valence-corrected chi connectivity index (χ2v) is 7.95. The highest BCUT2D eigenvalue weighted by Crippen LogP contribution is 2.25. The van der Waals surface area contributed by atoms with Gasteiger partial charge in [0.25, 0.3) is 5.91 Å². The van der Waals surface area contributed by atoms with Crippen LogP contribution in [0.1, 0.15) is 60.0 Å². The second-order valence-electron chi connectivity index (χ2n) is 7.95. The number of pyridine rings is 1. The van der Waals surface area contributed by atoms with Gasteiger partial charge in [0.15, 0.2) is 5.69 Å². The Balaban J connectivity index is 1.51. The van der Waals surface area contributed by atoms with E-state index >= 15 is 0 Å². The minimum atomic E-state index is 0.136. The van der Waals surface area contributed by atoms with Crippen molar-refractivity contribution in [3.63, 3.8) is 0 Å². The molecule has 4 rings (SSSR count). The summed E-state index contributed by atoms with van der Waals surface area (Å²) in [6.07, 6.45) is 8.25. The molecule has 0 radical (unpaired) electrons. The number of piperidine rings is 1. The fraction of sp³-hybridized carbons (Fsp3) is 0.591. The Labute approximate surface area is 167 Å². The SMILES string of the molecule is CCCn1nc(C(=O)N2CCCCC2)c2c1CCN(CCc1ccccn1)C2. The normalized spacial score (nSPS) is 17.5. The summed E-state index contributed by atoms with van der Waals surface area (Å²) in [6.45, 7) is 7.61. The predicted molar refractivity (Wildman–Crippen MR) is 109 cm³/mol. The number of carbonyl (C=O) groups is 1. The van der Waals surface area contributed by atoms with Gasteiger partial charge in [0, 0.05) is 75.3 Å². The van der Waals surface area contributed by atoms with Crippen LogP contribution in [0.5, 0.6) is 0 Å². The number of fused-ring (bicyclic) bond motifs is 1. The van der Waals surface area contributed by atoms with Gasteiger partial charge in [0.1, 0.15) is 0 Å². The standard InChI is InChI=1S/C22H31N5O/c1-2-12-27-20-10-16-25(15-9-18-8-4-5-11-23-18)17-19(20)21(24-27)22(28)26-13-6-3-7-14-26/h4-5,8,11H,2-3,6-7,9-10,12-17H2,1H3. The number of rotatable bonds is 6. The first-order valence-electron chi connectivity index (χ1n) is 10.8. The number of likely N-dealkylation sites (tertiary alicyclic amines) is 1. The first kappa shape index (κ1) is 19.1. The molecule has 6 heteroatoms. The molecular formula is C22H31N5O. The molecular weight excluding hydrogens is 350 g/mol. The van der Waals surface area contributed by atoms with Crippen molar-refractivity contribution in [2.75, 3.05) is 26.2 Å². The van der Waals surface area contributed by atoms with Crippen LogP contribution in [0.25, 0.3) is 0 Å². The summed E-state index contributed by atoms with van der Waals surface area (Å²) in [6, 6.07) is 6.08. The summed E-state index contributed by atoms with van der Waals surface area (Å²) >= 11 is 0. The summed E-state index contributed by atoms with van der Waals surface area (Å²) in [7, 11) is 0. The van der Waals surface area contributed by atoms with E-state index in [9.17, 15) is 4.79 Å². The number of amides is 1. The molecule has 2 aliphatic rings. The number of hydrogen-bond donors (Lipinski definition) is 0. The number of aryl methyl sites for hydroxylation is 1. The molecule has 0 aliphatic carbocycles. The molecule has 6 nitrogen and oxygen atoms in total.